The molecule has 19 heavy (non-hydrogen) atoms. The summed E-state index contributed by atoms with van der Waals surface area (Å²) in [5, 5.41) is 3.14. The van der Waals surface area contributed by atoms with Crippen molar-refractivity contribution in [3.8, 4) is 5.75 Å². The first kappa shape index (κ1) is 13.7. The predicted molar refractivity (Wildman–Crippen MR) is 75.6 cm³/mol. The van der Waals surface area contributed by atoms with Crippen molar-refractivity contribution in [3.63, 3.8) is 0 Å². The van der Waals surface area contributed by atoms with Crippen LogP contribution < -0.4 is 10.1 Å². The van der Waals surface area contributed by atoms with E-state index in [1.54, 1.807) is 7.11 Å². The monoisotopic (exact) mass is 263 g/mol. The van der Waals surface area contributed by atoms with Gasteiger partial charge in [-0.25, -0.2) is 0 Å². The number of piperazine rings is 1. The van der Waals surface area contributed by atoms with E-state index in [2.05, 4.69) is 17.3 Å². The lowest BCUT2D eigenvalue weighted by Gasteiger charge is -2.32. The summed E-state index contributed by atoms with van der Waals surface area (Å²) in [6.45, 7) is 3.86. The highest BCUT2D eigenvalue weighted by atomic mass is 16.5. The van der Waals surface area contributed by atoms with Crippen LogP contribution in [0.4, 0.5) is 5.69 Å². The smallest absolute Gasteiger partial charge is 0.241 e. The summed E-state index contributed by atoms with van der Waals surface area (Å²) >= 11 is 0. The second kappa shape index (κ2) is 6.43. The highest BCUT2D eigenvalue weighted by Gasteiger charge is 2.18. The summed E-state index contributed by atoms with van der Waals surface area (Å²) in [6.07, 6.45) is 0. The molecule has 1 saturated heterocycles. The molecule has 1 aliphatic rings. The van der Waals surface area contributed by atoms with Crippen molar-refractivity contribution in [1.82, 2.24) is 9.80 Å². The molecule has 1 aromatic rings. The van der Waals surface area contributed by atoms with Gasteiger partial charge in [-0.2, -0.15) is 0 Å². The molecule has 2 rings (SSSR count). The Labute approximate surface area is 114 Å². The second-order valence-corrected chi connectivity index (χ2v) is 4.77. The van der Waals surface area contributed by atoms with Crippen molar-refractivity contribution in [2.45, 2.75) is 0 Å². The quantitative estimate of drug-likeness (QED) is 0.876. The van der Waals surface area contributed by atoms with Gasteiger partial charge in [0.2, 0.25) is 5.91 Å². The third kappa shape index (κ3) is 3.86. The molecule has 1 N–H and O–H groups in total. The standard InChI is InChI=1S/C14H21N3O2/c1-16-6-8-17(9-7-16)14(18)11-15-12-4-3-5-13(10-12)19-2/h3-5,10,15H,6-9,11H2,1-2H3. The molecule has 104 valence electrons. The number of nitrogens with one attached hydrogen (secondary N) is 1. The summed E-state index contributed by atoms with van der Waals surface area (Å²) in [5.41, 5.74) is 0.904. The molecule has 1 aromatic carbocycles. The minimum Gasteiger partial charge on any atom is -0.497 e. The minimum absolute atomic E-state index is 0.149. The van der Waals surface area contributed by atoms with Crippen LogP contribution in [0.15, 0.2) is 24.3 Å². The van der Waals surface area contributed by atoms with Crippen LogP contribution in [0.1, 0.15) is 0 Å². The second-order valence-electron chi connectivity index (χ2n) is 4.77. The number of ether oxygens (including phenoxy) is 1. The van der Waals surface area contributed by atoms with Gasteiger partial charge in [-0.15, -0.1) is 0 Å². The molecule has 1 heterocycles. The zero-order valence-corrected chi connectivity index (χ0v) is 11.6. The van der Waals surface area contributed by atoms with E-state index in [0.717, 1.165) is 37.6 Å². The molecule has 0 unspecified atom stereocenters. The zero-order valence-electron chi connectivity index (χ0n) is 11.6. The van der Waals surface area contributed by atoms with Crippen molar-refractivity contribution in [2.75, 3.05) is 52.2 Å². The van der Waals surface area contributed by atoms with Crippen LogP contribution in [0.3, 0.4) is 0 Å². The van der Waals surface area contributed by atoms with Crippen LogP contribution in [0.5, 0.6) is 5.75 Å². The van der Waals surface area contributed by atoms with E-state index in [0.29, 0.717) is 6.54 Å². The van der Waals surface area contributed by atoms with Gasteiger partial charge >= 0.3 is 0 Å². The van der Waals surface area contributed by atoms with E-state index in [4.69, 9.17) is 4.74 Å². The molecule has 0 saturated carbocycles. The molecule has 5 heteroatoms. The molecule has 5 nitrogen and oxygen atoms in total. The lowest BCUT2D eigenvalue weighted by Crippen LogP contribution is -2.48. The topological polar surface area (TPSA) is 44.8 Å². The normalized spacial score (nSPS) is 16.2. The Morgan fingerprint density at radius 3 is 2.74 bits per heavy atom. The molecule has 1 aliphatic heterocycles. The van der Waals surface area contributed by atoms with Gasteiger partial charge in [-0.1, -0.05) is 6.07 Å². The molecule has 0 atom stereocenters. The lowest BCUT2D eigenvalue weighted by molar-refractivity contribution is -0.130. The number of anilines is 1. The highest BCUT2D eigenvalue weighted by Crippen LogP contribution is 2.16. The molecule has 0 radical (unpaired) electrons. The summed E-state index contributed by atoms with van der Waals surface area (Å²) in [5.74, 6) is 0.938. The van der Waals surface area contributed by atoms with E-state index < -0.39 is 0 Å². The molecule has 0 aliphatic carbocycles. The first-order valence-electron chi connectivity index (χ1n) is 6.53. The van der Waals surface area contributed by atoms with Crippen LogP contribution in [-0.4, -0.2) is 62.6 Å². The fourth-order valence-corrected chi connectivity index (χ4v) is 2.08. The number of rotatable bonds is 4. The van der Waals surface area contributed by atoms with Gasteiger partial charge in [0, 0.05) is 37.9 Å². The van der Waals surface area contributed by atoms with Crippen molar-refractivity contribution in [3.05, 3.63) is 24.3 Å². The van der Waals surface area contributed by atoms with Gasteiger partial charge in [-0.3, -0.25) is 4.79 Å². The van der Waals surface area contributed by atoms with E-state index in [9.17, 15) is 4.79 Å². The van der Waals surface area contributed by atoms with E-state index in [1.165, 1.54) is 0 Å². The zero-order chi connectivity index (χ0) is 13.7. The maximum absolute atomic E-state index is 12.0. The van der Waals surface area contributed by atoms with Crippen molar-refractivity contribution in [1.29, 1.82) is 0 Å². The Bertz CT molecular complexity index is 428. The van der Waals surface area contributed by atoms with Crippen molar-refractivity contribution >= 4 is 11.6 Å². The number of benzene rings is 1. The van der Waals surface area contributed by atoms with Crippen LogP contribution in [0.2, 0.25) is 0 Å². The van der Waals surface area contributed by atoms with Crippen LogP contribution in [-0.2, 0) is 4.79 Å². The number of likely N-dealkylation sites (N-methyl/N-ethyl adjacent to an activating group) is 1. The maximum atomic E-state index is 12.0. The summed E-state index contributed by atoms with van der Waals surface area (Å²) in [6, 6.07) is 7.60. The number of nitrogens with zero attached hydrogens (tertiary/aromatic N) is 2. The average Bonchev–Trinajstić information content (AvgIpc) is 2.46. The predicted octanol–water partition coefficient (Wildman–Crippen LogP) is 0.881. The minimum atomic E-state index is 0.149. The van der Waals surface area contributed by atoms with E-state index >= 15 is 0 Å². The fourth-order valence-electron chi connectivity index (χ4n) is 2.08. The van der Waals surface area contributed by atoms with Crippen molar-refractivity contribution < 1.29 is 9.53 Å². The molecule has 1 amide bonds. The third-order valence-corrected chi connectivity index (χ3v) is 3.37. The number of hydrogen-bond donors (Lipinski definition) is 1. The average molecular weight is 263 g/mol. The van der Waals surface area contributed by atoms with Gasteiger partial charge in [0.25, 0.3) is 0 Å². The van der Waals surface area contributed by atoms with Crippen molar-refractivity contribution in [2.24, 2.45) is 0 Å². The Hall–Kier alpha value is -1.75. The number of carbonyl (C=O) groups is 1. The van der Waals surface area contributed by atoms with Gasteiger partial charge in [-0.05, 0) is 19.2 Å². The van der Waals surface area contributed by atoms with Gasteiger partial charge in [0.15, 0.2) is 0 Å². The third-order valence-electron chi connectivity index (χ3n) is 3.37. The molecule has 0 spiro atoms. The van der Waals surface area contributed by atoms with Gasteiger partial charge in [0.1, 0.15) is 5.75 Å². The SMILES string of the molecule is COc1cccc(NCC(=O)N2CCN(C)CC2)c1. The summed E-state index contributed by atoms with van der Waals surface area (Å²) < 4.78 is 5.15. The van der Waals surface area contributed by atoms with Gasteiger partial charge in [0.05, 0.1) is 13.7 Å². The largest absolute Gasteiger partial charge is 0.497 e. The van der Waals surface area contributed by atoms with E-state index in [1.807, 2.05) is 29.2 Å². The van der Waals surface area contributed by atoms with Crippen LogP contribution in [0, 0.1) is 0 Å². The van der Waals surface area contributed by atoms with Crippen LogP contribution >= 0.6 is 0 Å². The highest BCUT2D eigenvalue weighted by molar-refractivity contribution is 5.81. The number of hydrogen-bond acceptors (Lipinski definition) is 4. The Morgan fingerprint density at radius 1 is 1.32 bits per heavy atom. The molecule has 0 aromatic heterocycles. The molecular formula is C14H21N3O2. The Morgan fingerprint density at radius 2 is 2.05 bits per heavy atom. The maximum Gasteiger partial charge on any atom is 0.241 e. The fraction of sp³-hybridized carbons (Fsp3) is 0.500. The summed E-state index contributed by atoms with van der Waals surface area (Å²) in [4.78, 5) is 16.2. The van der Waals surface area contributed by atoms with Gasteiger partial charge < -0.3 is 19.9 Å². The van der Waals surface area contributed by atoms with Crippen LogP contribution in [0.25, 0.3) is 0 Å². The number of carbonyl (C=O) groups excluding carboxylic acids is 1. The Kier molecular flexibility index (Phi) is 4.63. The molecule has 0 bridgehead atoms. The molecular weight excluding hydrogens is 242 g/mol. The molecule has 1 fully saturated rings. The van der Waals surface area contributed by atoms with E-state index in [-0.39, 0.29) is 5.91 Å². The number of methoxy groups -OCH3 is 1. The Balaban J connectivity index is 1.82. The first-order chi connectivity index (χ1) is 9.19. The summed E-state index contributed by atoms with van der Waals surface area (Å²) in [7, 11) is 3.71. The number of amides is 1. The first-order valence-corrected chi connectivity index (χ1v) is 6.53. The lowest BCUT2D eigenvalue weighted by atomic mass is 10.3.